The minimum Gasteiger partial charge on any atom is -0.453 e. The molecule has 2 amide bonds. The van der Waals surface area contributed by atoms with E-state index in [9.17, 15) is 18.0 Å². The summed E-state index contributed by atoms with van der Waals surface area (Å²) < 4.78 is 32.6. The number of sulfonamides is 1. The summed E-state index contributed by atoms with van der Waals surface area (Å²) in [4.78, 5) is 26.0. The molecule has 0 radical (unpaired) electrons. The Morgan fingerprint density at radius 1 is 1.00 bits per heavy atom. The fourth-order valence-electron chi connectivity index (χ4n) is 3.77. The largest absolute Gasteiger partial charge is 0.453 e. The minimum atomic E-state index is -3.65. The van der Waals surface area contributed by atoms with Crippen LogP contribution in [-0.2, 0) is 26.7 Å². The number of rotatable bonds is 6. The van der Waals surface area contributed by atoms with E-state index >= 15 is 0 Å². The monoisotopic (exact) mass is 487 g/mol. The first-order valence-electron chi connectivity index (χ1n) is 11.3. The maximum Gasteiger partial charge on any atom is 0.409 e. The van der Waals surface area contributed by atoms with Gasteiger partial charge in [0.1, 0.15) is 0 Å². The van der Waals surface area contributed by atoms with Crippen molar-refractivity contribution in [2.45, 2.75) is 56.5 Å². The van der Waals surface area contributed by atoms with Gasteiger partial charge in [0.25, 0.3) is 5.91 Å². The number of ether oxygens (including phenoxy) is 1. The number of piperidine rings is 1. The topological polar surface area (TPSA) is 105 Å². The molecule has 9 heteroatoms. The van der Waals surface area contributed by atoms with E-state index in [4.69, 9.17) is 4.74 Å². The molecular formula is C25H33N3O5S. The van der Waals surface area contributed by atoms with Crippen molar-refractivity contribution in [3.05, 3.63) is 65.2 Å². The van der Waals surface area contributed by atoms with Crippen LogP contribution in [-0.4, -0.2) is 51.6 Å². The van der Waals surface area contributed by atoms with Gasteiger partial charge in [-0.2, -0.15) is 0 Å². The lowest BCUT2D eigenvalue weighted by atomic mass is 9.87. The molecule has 184 valence electrons. The van der Waals surface area contributed by atoms with Gasteiger partial charge in [-0.05, 0) is 53.6 Å². The fourth-order valence-corrected chi connectivity index (χ4v) is 4.79. The van der Waals surface area contributed by atoms with Gasteiger partial charge >= 0.3 is 6.09 Å². The number of carbonyl (C=O) groups is 2. The van der Waals surface area contributed by atoms with Gasteiger partial charge in [0.2, 0.25) is 10.0 Å². The van der Waals surface area contributed by atoms with Gasteiger partial charge in [0.15, 0.2) is 0 Å². The summed E-state index contributed by atoms with van der Waals surface area (Å²) in [5.41, 5.74) is 2.26. The molecular weight excluding hydrogens is 454 g/mol. The Bertz CT molecular complexity index is 1100. The third-order valence-corrected chi connectivity index (χ3v) is 7.39. The molecule has 2 aromatic carbocycles. The minimum absolute atomic E-state index is 0.00966. The van der Waals surface area contributed by atoms with E-state index in [1.807, 2.05) is 12.1 Å². The quantitative estimate of drug-likeness (QED) is 0.650. The van der Waals surface area contributed by atoms with E-state index in [1.165, 1.54) is 7.11 Å². The van der Waals surface area contributed by atoms with E-state index in [2.05, 4.69) is 30.8 Å². The number of methoxy groups -OCH3 is 1. The Morgan fingerprint density at radius 2 is 1.59 bits per heavy atom. The van der Waals surface area contributed by atoms with E-state index in [1.54, 1.807) is 41.3 Å². The lowest BCUT2D eigenvalue weighted by Crippen LogP contribution is -2.46. The zero-order valence-corrected chi connectivity index (χ0v) is 20.9. The number of amides is 2. The van der Waals surface area contributed by atoms with Crippen LogP contribution < -0.4 is 10.0 Å². The van der Waals surface area contributed by atoms with Gasteiger partial charge in [0, 0.05) is 31.2 Å². The Labute approximate surface area is 201 Å². The van der Waals surface area contributed by atoms with Crippen LogP contribution in [0.5, 0.6) is 0 Å². The summed E-state index contributed by atoms with van der Waals surface area (Å²) in [7, 11) is -2.29. The lowest BCUT2D eigenvalue weighted by molar-refractivity contribution is 0.0892. The molecule has 0 bridgehead atoms. The predicted molar refractivity (Wildman–Crippen MR) is 130 cm³/mol. The van der Waals surface area contributed by atoms with Gasteiger partial charge in [0.05, 0.1) is 12.0 Å². The number of hydrogen-bond donors (Lipinski definition) is 2. The molecule has 0 aliphatic carbocycles. The molecule has 0 saturated carbocycles. The summed E-state index contributed by atoms with van der Waals surface area (Å²) in [6, 6.07) is 13.7. The summed E-state index contributed by atoms with van der Waals surface area (Å²) in [6.45, 7) is 7.42. The molecule has 0 spiro atoms. The van der Waals surface area contributed by atoms with Crippen LogP contribution in [0.3, 0.4) is 0 Å². The van der Waals surface area contributed by atoms with Crippen molar-refractivity contribution in [2.75, 3.05) is 20.2 Å². The van der Waals surface area contributed by atoms with Crippen LogP contribution in [0.25, 0.3) is 0 Å². The molecule has 8 nitrogen and oxygen atoms in total. The molecule has 2 aromatic rings. The zero-order chi connectivity index (χ0) is 24.9. The van der Waals surface area contributed by atoms with Crippen LogP contribution in [0.1, 0.15) is 55.1 Å². The molecule has 0 unspecified atom stereocenters. The maximum atomic E-state index is 12.6. The third-order valence-electron chi connectivity index (χ3n) is 5.98. The number of hydrogen-bond acceptors (Lipinski definition) is 5. The molecule has 1 heterocycles. The van der Waals surface area contributed by atoms with Crippen molar-refractivity contribution in [2.24, 2.45) is 0 Å². The van der Waals surface area contributed by atoms with Crippen LogP contribution in [0.2, 0.25) is 0 Å². The Kier molecular flexibility index (Phi) is 7.99. The van der Waals surface area contributed by atoms with Crippen LogP contribution >= 0.6 is 0 Å². The molecule has 2 N–H and O–H groups in total. The van der Waals surface area contributed by atoms with Gasteiger partial charge in [-0.25, -0.2) is 17.9 Å². The maximum absolute atomic E-state index is 12.6. The molecule has 0 atom stereocenters. The highest BCUT2D eigenvalue weighted by Gasteiger charge is 2.24. The van der Waals surface area contributed by atoms with Crippen LogP contribution in [0.15, 0.2) is 53.4 Å². The Hall–Kier alpha value is -2.91. The second kappa shape index (κ2) is 10.6. The van der Waals surface area contributed by atoms with Crippen LogP contribution in [0.4, 0.5) is 4.79 Å². The van der Waals surface area contributed by atoms with Crippen molar-refractivity contribution in [3.63, 3.8) is 0 Å². The summed E-state index contributed by atoms with van der Waals surface area (Å²) >= 11 is 0. The normalized spacial score (nSPS) is 15.1. The molecule has 3 rings (SSSR count). The molecule has 1 aliphatic rings. The average Bonchev–Trinajstić information content (AvgIpc) is 2.82. The second-order valence-corrected chi connectivity index (χ2v) is 11.3. The highest BCUT2D eigenvalue weighted by Crippen LogP contribution is 2.23. The van der Waals surface area contributed by atoms with Gasteiger partial charge in [-0.3, -0.25) is 4.79 Å². The van der Waals surface area contributed by atoms with Gasteiger partial charge < -0.3 is 15.0 Å². The van der Waals surface area contributed by atoms with E-state index in [0.717, 1.165) is 11.1 Å². The molecule has 34 heavy (non-hydrogen) atoms. The molecule has 1 aliphatic heterocycles. The third kappa shape index (κ3) is 6.57. The number of benzene rings is 2. The summed E-state index contributed by atoms with van der Waals surface area (Å²) in [6.07, 6.45) is 0.979. The zero-order valence-electron chi connectivity index (χ0n) is 20.1. The first kappa shape index (κ1) is 25.7. The number of likely N-dealkylation sites (tertiary alicyclic amines) is 1. The van der Waals surface area contributed by atoms with E-state index < -0.39 is 10.0 Å². The molecule has 1 saturated heterocycles. The second-order valence-electron chi connectivity index (χ2n) is 9.50. The number of carbonyl (C=O) groups excluding carboxylic acids is 2. The number of nitrogens with zero attached hydrogens (tertiary/aromatic N) is 1. The lowest BCUT2D eigenvalue weighted by Gasteiger charge is -2.31. The first-order valence-corrected chi connectivity index (χ1v) is 12.8. The Balaban J connectivity index is 1.52. The van der Waals surface area contributed by atoms with Gasteiger partial charge in [-0.1, -0.05) is 45.0 Å². The van der Waals surface area contributed by atoms with Crippen molar-refractivity contribution in [1.82, 2.24) is 14.9 Å². The number of nitrogens with one attached hydrogen (secondary N) is 2. The van der Waals surface area contributed by atoms with E-state index in [-0.39, 0.29) is 34.9 Å². The first-order chi connectivity index (χ1) is 16.0. The molecule has 0 aromatic heterocycles. The van der Waals surface area contributed by atoms with E-state index in [0.29, 0.717) is 31.5 Å². The Morgan fingerprint density at radius 3 is 2.12 bits per heavy atom. The average molecular weight is 488 g/mol. The molecule has 1 fully saturated rings. The van der Waals surface area contributed by atoms with Crippen molar-refractivity contribution in [3.8, 4) is 0 Å². The van der Waals surface area contributed by atoms with Crippen LogP contribution in [0, 0.1) is 0 Å². The summed E-state index contributed by atoms with van der Waals surface area (Å²) in [5.74, 6) is -0.192. The highest BCUT2D eigenvalue weighted by molar-refractivity contribution is 7.89. The highest BCUT2D eigenvalue weighted by atomic mass is 32.2. The van der Waals surface area contributed by atoms with Crippen molar-refractivity contribution >= 4 is 22.0 Å². The summed E-state index contributed by atoms with van der Waals surface area (Å²) in [5, 5.41) is 3.00. The van der Waals surface area contributed by atoms with Crippen molar-refractivity contribution in [1.29, 1.82) is 0 Å². The predicted octanol–water partition coefficient (Wildman–Crippen LogP) is 3.42. The SMILES string of the molecule is COC(=O)N1CCC(NC(=O)c2ccc(CNS(=O)(=O)c3ccc(C(C)(C)C)cc3)cc2)CC1. The van der Waals surface area contributed by atoms with Gasteiger partial charge in [-0.15, -0.1) is 0 Å². The smallest absolute Gasteiger partial charge is 0.409 e. The standard InChI is InChI=1S/C25H33N3O5S/c1-25(2,3)20-9-11-22(12-10-20)34(31,32)26-17-18-5-7-19(8-6-18)23(29)27-21-13-15-28(16-14-21)24(30)33-4/h5-12,21,26H,13-17H2,1-4H3,(H,27,29). The fraction of sp³-hybridized carbons (Fsp3) is 0.440. The van der Waals surface area contributed by atoms with Crippen molar-refractivity contribution < 1.29 is 22.7 Å².